The molecule has 0 spiro atoms. The summed E-state index contributed by atoms with van der Waals surface area (Å²) >= 11 is 1.22. The molecule has 0 radical (unpaired) electrons. The number of hydrogen-bond acceptors (Lipinski definition) is 6. The Hall–Kier alpha value is -2.25. The van der Waals surface area contributed by atoms with Gasteiger partial charge < -0.3 is 9.47 Å². The lowest BCUT2D eigenvalue weighted by Gasteiger charge is -2.11. The topological polar surface area (TPSA) is 77.5 Å². The first kappa shape index (κ1) is 16.6. The van der Waals surface area contributed by atoms with E-state index in [1.807, 2.05) is 0 Å². The summed E-state index contributed by atoms with van der Waals surface area (Å²) in [4.78, 5) is 27.5. The van der Waals surface area contributed by atoms with Crippen LogP contribution in [0.3, 0.4) is 0 Å². The fraction of sp³-hybridized carbons (Fsp3) is 0.353. The van der Waals surface area contributed by atoms with E-state index in [0.717, 1.165) is 19.4 Å². The predicted octanol–water partition coefficient (Wildman–Crippen LogP) is 3.16. The standard InChI is InChI=1S/C17H18N2O4S/c1-11(20)15-10-24-17(18-15)19-16(21)12-4-6-13(7-5-12)23-9-14-3-2-8-22-14/h4-7,10,14H,2-3,8-9H2,1H3,(H,18,19,21). The van der Waals surface area contributed by atoms with Gasteiger partial charge >= 0.3 is 0 Å². The van der Waals surface area contributed by atoms with Gasteiger partial charge in [0.15, 0.2) is 10.9 Å². The number of nitrogens with zero attached hydrogens (tertiary/aromatic N) is 1. The summed E-state index contributed by atoms with van der Waals surface area (Å²) in [5.41, 5.74) is 0.854. The number of hydrogen-bond donors (Lipinski definition) is 1. The van der Waals surface area contributed by atoms with Crippen molar-refractivity contribution in [2.24, 2.45) is 0 Å². The highest BCUT2D eigenvalue weighted by molar-refractivity contribution is 7.14. The third kappa shape index (κ3) is 4.18. The van der Waals surface area contributed by atoms with E-state index in [-0.39, 0.29) is 17.8 Å². The van der Waals surface area contributed by atoms with Crippen LogP contribution in [0.5, 0.6) is 5.75 Å². The van der Waals surface area contributed by atoms with Crippen molar-refractivity contribution >= 4 is 28.2 Å². The van der Waals surface area contributed by atoms with Crippen LogP contribution in [0.4, 0.5) is 5.13 Å². The molecule has 2 aromatic rings. The first-order valence-electron chi connectivity index (χ1n) is 7.74. The Labute approximate surface area is 143 Å². The van der Waals surface area contributed by atoms with E-state index in [0.29, 0.717) is 28.7 Å². The third-order valence-electron chi connectivity index (χ3n) is 3.66. The van der Waals surface area contributed by atoms with E-state index in [1.165, 1.54) is 18.3 Å². The zero-order chi connectivity index (χ0) is 16.9. The zero-order valence-corrected chi connectivity index (χ0v) is 14.1. The van der Waals surface area contributed by atoms with Gasteiger partial charge in [0, 0.05) is 24.5 Å². The molecule has 1 saturated heterocycles. The number of aromatic nitrogens is 1. The Morgan fingerprint density at radius 2 is 2.17 bits per heavy atom. The Kier molecular flexibility index (Phi) is 5.22. The van der Waals surface area contributed by atoms with E-state index in [1.54, 1.807) is 29.6 Å². The number of carbonyl (C=O) groups excluding carboxylic acids is 2. The highest BCUT2D eigenvalue weighted by atomic mass is 32.1. The van der Waals surface area contributed by atoms with Gasteiger partial charge in [-0.2, -0.15) is 0 Å². The van der Waals surface area contributed by atoms with Gasteiger partial charge in [-0.15, -0.1) is 11.3 Å². The lowest BCUT2D eigenvalue weighted by Crippen LogP contribution is -2.16. The lowest BCUT2D eigenvalue weighted by atomic mass is 10.2. The van der Waals surface area contributed by atoms with Gasteiger partial charge in [0.25, 0.3) is 5.91 Å². The fourth-order valence-electron chi connectivity index (χ4n) is 2.33. The van der Waals surface area contributed by atoms with Crippen LogP contribution >= 0.6 is 11.3 Å². The molecule has 24 heavy (non-hydrogen) atoms. The monoisotopic (exact) mass is 346 g/mol. The Balaban J connectivity index is 1.55. The molecule has 1 N–H and O–H groups in total. The zero-order valence-electron chi connectivity index (χ0n) is 13.3. The number of rotatable bonds is 6. The molecule has 3 rings (SSSR count). The van der Waals surface area contributed by atoms with Crippen molar-refractivity contribution in [2.75, 3.05) is 18.5 Å². The predicted molar refractivity (Wildman–Crippen MR) is 91.0 cm³/mol. The molecule has 1 aromatic carbocycles. The summed E-state index contributed by atoms with van der Waals surface area (Å²) in [6, 6.07) is 6.90. The summed E-state index contributed by atoms with van der Waals surface area (Å²) < 4.78 is 11.2. The van der Waals surface area contributed by atoms with E-state index >= 15 is 0 Å². The maximum Gasteiger partial charge on any atom is 0.257 e. The number of anilines is 1. The second-order valence-electron chi connectivity index (χ2n) is 5.52. The summed E-state index contributed by atoms with van der Waals surface area (Å²) in [5, 5.41) is 4.72. The molecule has 126 valence electrons. The summed E-state index contributed by atoms with van der Waals surface area (Å²) in [7, 11) is 0. The van der Waals surface area contributed by atoms with Crippen LogP contribution in [0.1, 0.15) is 40.6 Å². The number of ether oxygens (including phenoxy) is 2. The van der Waals surface area contributed by atoms with Crippen LogP contribution in [-0.2, 0) is 4.74 Å². The van der Waals surface area contributed by atoms with Gasteiger partial charge in [-0.1, -0.05) is 0 Å². The molecule has 1 atom stereocenters. The molecule has 0 bridgehead atoms. The lowest BCUT2D eigenvalue weighted by molar-refractivity contribution is 0.0679. The van der Waals surface area contributed by atoms with Gasteiger partial charge in [-0.3, -0.25) is 14.9 Å². The quantitative estimate of drug-likeness (QED) is 0.813. The van der Waals surface area contributed by atoms with E-state index < -0.39 is 0 Å². The van der Waals surface area contributed by atoms with Crippen LogP contribution in [-0.4, -0.2) is 36.0 Å². The van der Waals surface area contributed by atoms with Crippen molar-refractivity contribution < 1.29 is 19.1 Å². The van der Waals surface area contributed by atoms with Crippen LogP contribution < -0.4 is 10.1 Å². The molecule has 0 saturated carbocycles. The molecule has 1 unspecified atom stereocenters. The molecule has 6 nitrogen and oxygen atoms in total. The molecule has 1 amide bonds. The Morgan fingerprint density at radius 3 is 2.79 bits per heavy atom. The van der Waals surface area contributed by atoms with Gasteiger partial charge in [0.1, 0.15) is 18.1 Å². The summed E-state index contributed by atoms with van der Waals surface area (Å²) in [6.45, 7) is 2.77. The Bertz CT molecular complexity index is 720. The molecule has 0 aliphatic carbocycles. The minimum absolute atomic E-state index is 0.125. The molecule has 2 heterocycles. The smallest absolute Gasteiger partial charge is 0.257 e. The van der Waals surface area contributed by atoms with Gasteiger partial charge in [0.2, 0.25) is 0 Å². The van der Waals surface area contributed by atoms with Crippen LogP contribution in [0, 0.1) is 0 Å². The minimum atomic E-state index is -0.273. The third-order valence-corrected chi connectivity index (χ3v) is 4.42. The number of nitrogens with one attached hydrogen (secondary N) is 1. The van der Waals surface area contributed by atoms with Crippen molar-refractivity contribution in [2.45, 2.75) is 25.9 Å². The average Bonchev–Trinajstić information content (AvgIpc) is 3.25. The number of benzene rings is 1. The average molecular weight is 346 g/mol. The molecule has 1 aromatic heterocycles. The van der Waals surface area contributed by atoms with Crippen molar-refractivity contribution in [1.29, 1.82) is 0 Å². The molecule has 1 aliphatic heterocycles. The van der Waals surface area contributed by atoms with Crippen molar-refractivity contribution in [1.82, 2.24) is 4.98 Å². The molecule has 1 aliphatic rings. The van der Waals surface area contributed by atoms with Crippen LogP contribution in [0.15, 0.2) is 29.6 Å². The van der Waals surface area contributed by atoms with E-state index in [4.69, 9.17) is 9.47 Å². The summed E-state index contributed by atoms with van der Waals surface area (Å²) in [5.74, 6) is 0.305. The number of amides is 1. The first-order valence-corrected chi connectivity index (χ1v) is 8.62. The molecule has 7 heteroatoms. The SMILES string of the molecule is CC(=O)c1csc(NC(=O)c2ccc(OCC3CCCO3)cc2)n1. The van der Waals surface area contributed by atoms with Gasteiger partial charge in [-0.25, -0.2) is 4.98 Å². The maximum atomic E-state index is 12.2. The molecular formula is C17H18N2O4S. The van der Waals surface area contributed by atoms with Crippen LogP contribution in [0.2, 0.25) is 0 Å². The van der Waals surface area contributed by atoms with Gasteiger partial charge in [0.05, 0.1) is 6.10 Å². The van der Waals surface area contributed by atoms with E-state index in [9.17, 15) is 9.59 Å². The van der Waals surface area contributed by atoms with Crippen molar-refractivity contribution in [3.63, 3.8) is 0 Å². The minimum Gasteiger partial charge on any atom is -0.491 e. The number of carbonyl (C=O) groups is 2. The second-order valence-corrected chi connectivity index (χ2v) is 6.38. The maximum absolute atomic E-state index is 12.2. The number of ketones is 1. The Morgan fingerprint density at radius 1 is 1.38 bits per heavy atom. The molecular weight excluding hydrogens is 328 g/mol. The fourth-order valence-corrected chi connectivity index (χ4v) is 3.07. The largest absolute Gasteiger partial charge is 0.491 e. The number of Topliss-reactive ketones (excluding diaryl/α,β-unsaturated/α-hetero) is 1. The normalized spacial score (nSPS) is 16.8. The summed E-state index contributed by atoms with van der Waals surface area (Å²) in [6.07, 6.45) is 2.26. The highest BCUT2D eigenvalue weighted by Crippen LogP contribution is 2.19. The molecule has 1 fully saturated rings. The van der Waals surface area contributed by atoms with Crippen molar-refractivity contribution in [3.05, 3.63) is 40.9 Å². The van der Waals surface area contributed by atoms with Crippen LogP contribution in [0.25, 0.3) is 0 Å². The van der Waals surface area contributed by atoms with E-state index in [2.05, 4.69) is 10.3 Å². The first-order chi connectivity index (χ1) is 11.6. The highest BCUT2D eigenvalue weighted by Gasteiger charge is 2.16. The van der Waals surface area contributed by atoms with Gasteiger partial charge in [-0.05, 0) is 37.1 Å². The van der Waals surface area contributed by atoms with Crippen molar-refractivity contribution in [3.8, 4) is 5.75 Å². The second kappa shape index (κ2) is 7.55. The number of thiazole rings is 1.